The van der Waals surface area contributed by atoms with Gasteiger partial charge in [-0.3, -0.25) is 14.6 Å². The van der Waals surface area contributed by atoms with Crippen LogP contribution in [0.1, 0.15) is 22.8 Å². The van der Waals surface area contributed by atoms with E-state index in [0.29, 0.717) is 23.5 Å². The first-order valence-corrected chi connectivity index (χ1v) is 9.05. The summed E-state index contributed by atoms with van der Waals surface area (Å²) in [5.41, 5.74) is 3.45. The molecule has 3 aromatic rings. The van der Waals surface area contributed by atoms with Crippen LogP contribution in [0, 0.1) is 0 Å². The number of rotatable bonds is 7. The van der Waals surface area contributed by atoms with Crippen LogP contribution >= 0.6 is 0 Å². The molecular weight excluding hydrogens is 368 g/mol. The van der Waals surface area contributed by atoms with Crippen LogP contribution in [0.5, 0.6) is 5.75 Å². The average Bonchev–Trinajstić information content (AvgIpc) is 2.73. The number of nitrogens with one attached hydrogen (secondary N) is 3. The summed E-state index contributed by atoms with van der Waals surface area (Å²) < 4.78 is 5.35. The molecular formula is C22H22N4O3. The van der Waals surface area contributed by atoms with Crippen molar-refractivity contribution in [2.75, 3.05) is 23.1 Å². The molecule has 3 rings (SSSR count). The first-order valence-electron chi connectivity index (χ1n) is 9.05. The molecule has 0 radical (unpaired) electrons. The monoisotopic (exact) mass is 390 g/mol. The lowest BCUT2D eigenvalue weighted by Gasteiger charge is -2.11. The number of aromatic nitrogens is 1. The molecule has 7 nitrogen and oxygen atoms in total. The van der Waals surface area contributed by atoms with Crippen molar-refractivity contribution >= 4 is 28.9 Å². The predicted molar refractivity (Wildman–Crippen MR) is 113 cm³/mol. The molecule has 3 N–H and O–H groups in total. The summed E-state index contributed by atoms with van der Waals surface area (Å²) in [4.78, 5) is 27.8. The van der Waals surface area contributed by atoms with E-state index in [1.807, 2.05) is 24.3 Å². The maximum atomic E-state index is 12.5. The third-order valence-electron chi connectivity index (χ3n) is 4.14. The number of hydrogen-bond donors (Lipinski definition) is 3. The third-order valence-corrected chi connectivity index (χ3v) is 4.14. The maximum absolute atomic E-state index is 12.5. The molecule has 148 valence electrons. The van der Waals surface area contributed by atoms with Crippen molar-refractivity contribution in [2.24, 2.45) is 0 Å². The van der Waals surface area contributed by atoms with Gasteiger partial charge in [0.25, 0.3) is 5.91 Å². The molecule has 0 aliphatic rings. The summed E-state index contributed by atoms with van der Waals surface area (Å²) in [7, 11) is 1.63. The Kier molecular flexibility index (Phi) is 6.42. The summed E-state index contributed by atoms with van der Waals surface area (Å²) in [5.74, 6) is 0.376. The molecule has 1 aromatic heterocycles. The van der Waals surface area contributed by atoms with Gasteiger partial charge in [0.05, 0.1) is 18.4 Å². The number of benzene rings is 2. The number of amides is 2. The van der Waals surface area contributed by atoms with Crippen molar-refractivity contribution in [3.05, 3.63) is 78.1 Å². The van der Waals surface area contributed by atoms with E-state index in [-0.39, 0.29) is 11.8 Å². The van der Waals surface area contributed by atoms with Crippen molar-refractivity contribution in [3.63, 3.8) is 0 Å². The Morgan fingerprint density at radius 1 is 0.931 bits per heavy atom. The average molecular weight is 390 g/mol. The summed E-state index contributed by atoms with van der Waals surface area (Å²) in [6.07, 6.45) is 3.17. The Bertz CT molecular complexity index is 1000. The largest absolute Gasteiger partial charge is 0.496 e. The first-order chi connectivity index (χ1) is 14.0. The van der Waals surface area contributed by atoms with Gasteiger partial charge in [0.15, 0.2) is 0 Å². The van der Waals surface area contributed by atoms with E-state index < -0.39 is 0 Å². The number of ether oxygens (including phenoxy) is 1. The van der Waals surface area contributed by atoms with E-state index in [0.717, 1.165) is 17.0 Å². The van der Waals surface area contributed by atoms with Crippen LogP contribution in [0.3, 0.4) is 0 Å². The lowest BCUT2D eigenvalue weighted by atomic mass is 10.2. The highest BCUT2D eigenvalue weighted by molar-refractivity contribution is 6.04. The number of pyridine rings is 1. The second kappa shape index (κ2) is 9.36. The highest BCUT2D eigenvalue weighted by Crippen LogP contribution is 2.20. The van der Waals surface area contributed by atoms with Crippen LogP contribution in [-0.4, -0.2) is 23.9 Å². The van der Waals surface area contributed by atoms with Crippen LogP contribution in [-0.2, 0) is 11.3 Å². The molecule has 0 spiro atoms. The maximum Gasteiger partial charge on any atom is 0.257 e. The fourth-order valence-corrected chi connectivity index (χ4v) is 2.75. The highest BCUT2D eigenvalue weighted by Gasteiger charge is 2.09. The summed E-state index contributed by atoms with van der Waals surface area (Å²) in [5, 5.41) is 8.76. The number of carbonyl (C=O) groups excluding carboxylic acids is 2. The molecule has 2 aromatic carbocycles. The van der Waals surface area contributed by atoms with Gasteiger partial charge in [0, 0.05) is 42.8 Å². The van der Waals surface area contributed by atoms with Crippen LogP contribution in [0.2, 0.25) is 0 Å². The summed E-state index contributed by atoms with van der Waals surface area (Å²) in [6, 6.07) is 16.4. The second-order valence-corrected chi connectivity index (χ2v) is 6.34. The van der Waals surface area contributed by atoms with Crippen LogP contribution < -0.4 is 20.7 Å². The van der Waals surface area contributed by atoms with Crippen LogP contribution in [0.4, 0.5) is 17.1 Å². The van der Waals surface area contributed by atoms with Gasteiger partial charge in [0.1, 0.15) is 5.75 Å². The predicted octanol–water partition coefficient (Wildman–Crippen LogP) is 3.91. The normalized spacial score (nSPS) is 10.1. The van der Waals surface area contributed by atoms with E-state index in [1.165, 1.54) is 13.1 Å². The van der Waals surface area contributed by atoms with Gasteiger partial charge in [-0.05, 0) is 36.4 Å². The molecule has 1 heterocycles. The minimum absolute atomic E-state index is 0.148. The second-order valence-electron chi connectivity index (χ2n) is 6.34. The number of carbonyl (C=O) groups is 2. The Morgan fingerprint density at radius 3 is 2.31 bits per heavy atom. The summed E-state index contributed by atoms with van der Waals surface area (Å²) >= 11 is 0. The van der Waals surface area contributed by atoms with Gasteiger partial charge in [-0.1, -0.05) is 18.2 Å². The van der Waals surface area contributed by atoms with Crippen LogP contribution in [0.15, 0.2) is 67.0 Å². The van der Waals surface area contributed by atoms with Crippen molar-refractivity contribution in [3.8, 4) is 5.75 Å². The van der Waals surface area contributed by atoms with Crippen LogP contribution in [0.25, 0.3) is 0 Å². The molecule has 2 amide bonds. The first kappa shape index (κ1) is 19.9. The Labute approximate surface area is 169 Å². The van der Waals surface area contributed by atoms with Gasteiger partial charge in [-0.2, -0.15) is 0 Å². The zero-order chi connectivity index (χ0) is 20.6. The quantitative estimate of drug-likeness (QED) is 0.569. The van der Waals surface area contributed by atoms with E-state index in [4.69, 9.17) is 4.74 Å². The molecule has 29 heavy (non-hydrogen) atoms. The lowest BCUT2D eigenvalue weighted by Crippen LogP contribution is -2.13. The fourth-order valence-electron chi connectivity index (χ4n) is 2.75. The Balaban J connectivity index is 1.64. The number of hydrogen-bond acceptors (Lipinski definition) is 5. The SMILES string of the molecule is COc1ccccc1CNc1cncc(C(=O)Nc2ccc(NC(C)=O)cc2)c1. The van der Waals surface area contributed by atoms with Gasteiger partial charge in [0.2, 0.25) is 5.91 Å². The molecule has 0 saturated carbocycles. The number of nitrogens with zero attached hydrogens (tertiary/aromatic N) is 1. The molecule has 0 unspecified atom stereocenters. The molecule has 0 aliphatic heterocycles. The highest BCUT2D eigenvalue weighted by atomic mass is 16.5. The van der Waals surface area contributed by atoms with Crippen molar-refractivity contribution < 1.29 is 14.3 Å². The third kappa shape index (κ3) is 5.55. The lowest BCUT2D eigenvalue weighted by molar-refractivity contribution is -0.114. The number of anilines is 3. The van der Waals surface area contributed by atoms with Crippen molar-refractivity contribution in [1.29, 1.82) is 0 Å². The van der Waals surface area contributed by atoms with E-state index >= 15 is 0 Å². The molecule has 0 bridgehead atoms. The molecule has 7 heteroatoms. The van der Waals surface area contributed by atoms with Gasteiger partial charge in [-0.15, -0.1) is 0 Å². The molecule has 0 saturated heterocycles. The Hall–Kier alpha value is -3.87. The zero-order valence-electron chi connectivity index (χ0n) is 16.2. The fraction of sp³-hybridized carbons (Fsp3) is 0.136. The standard InChI is InChI=1S/C22H22N4O3/c1-15(27)25-18-7-9-19(10-8-18)26-22(28)17-11-20(14-23-12-17)24-13-16-5-3-4-6-21(16)29-2/h3-12,14,24H,13H2,1-2H3,(H,25,27)(H,26,28). The molecule has 0 aliphatic carbocycles. The van der Waals surface area contributed by atoms with Gasteiger partial charge < -0.3 is 20.7 Å². The van der Waals surface area contributed by atoms with Gasteiger partial charge >= 0.3 is 0 Å². The summed E-state index contributed by atoms with van der Waals surface area (Å²) in [6.45, 7) is 1.99. The molecule has 0 fully saturated rings. The van der Waals surface area contributed by atoms with E-state index in [1.54, 1.807) is 43.6 Å². The Morgan fingerprint density at radius 2 is 1.62 bits per heavy atom. The molecule has 0 atom stereocenters. The smallest absolute Gasteiger partial charge is 0.257 e. The van der Waals surface area contributed by atoms with E-state index in [2.05, 4.69) is 20.9 Å². The van der Waals surface area contributed by atoms with Gasteiger partial charge in [-0.25, -0.2) is 0 Å². The number of methoxy groups -OCH3 is 1. The van der Waals surface area contributed by atoms with E-state index in [9.17, 15) is 9.59 Å². The minimum atomic E-state index is -0.272. The van der Waals surface area contributed by atoms with Crippen molar-refractivity contribution in [2.45, 2.75) is 13.5 Å². The minimum Gasteiger partial charge on any atom is -0.496 e. The zero-order valence-corrected chi connectivity index (χ0v) is 16.2. The topological polar surface area (TPSA) is 92.3 Å². The van der Waals surface area contributed by atoms with Crippen molar-refractivity contribution in [1.82, 2.24) is 4.98 Å². The number of para-hydroxylation sites is 1.